The van der Waals surface area contributed by atoms with Crippen LogP contribution < -0.4 is 5.32 Å². The van der Waals surface area contributed by atoms with Crippen LogP contribution in [0.25, 0.3) is 22.2 Å². The molecular weight excluding hydrogens is 727 g/mol. The minimum atomic E-state index is -0.594. The summed E-state index contributed by atoms with van der Waals surface area (Å²) in [6.45, 7) is 3.01. The standard InChI is InChI=1S/C48H53N5O5/c1-4-13-38(54)31-39(33-14-7-5-8-15-33)47(57)52-26-11-18-42(52)44(55)29-32-20-25-40-36(28-32)30-41(50-40)34-21-23-37(24-22-34)49-46(56)43-19-12-27-53(43)48(58)45(51(2)3)35-16-9-6-10-17-35/h5-10,14-17,20-25,28,30,39,42-43,45,50H,4,11-13,18-19,26-27,29,31H2,1-3H3,(H,49,56)/t39-,42+,43+,45-/m1/s1. The zero-order chi connectivity index (χ0) is 40.8. The van der Waals surface area contributed by atoms with Crippen LogP contribution in [0.2, 0.25) is 0 Å². The van der Waals surface area contributed by atoms with Gasteiger partial charge in [0, 0.05) is 54.6 Å². The molecule has 1 aromatic heterocycles. The van der Waals surface area contributed by atoms with E-state index in [-0.39, 0.29) is 42.1 Å². The Hall–Kier alpha value is -5.87. The van der Waals surface area contributed by atoms with Crippen molar-refractivity contribution in [2.75, 3.05) is 32.5 Å². The van der Waals surface area contributed by atoms with Crippen LogP contribution in [0.5, 0.6) is 0 Å². The molecule has 7 rings (SSSR count). The minimum Gasteiger partial charge on any atom is -0.355 e. The molecule has 0 spiro atoms. The smallest absolute Gasteiger partial charge is 0.247 e. The van der Waals surface area contributed by atoms with Crippen molar-refractivity contribution < 1.29 is 24.0 Å². The van der Waals surface area contributed by atoms with E-state index in [9.17, 15) is 24.0 Å². The molecule has 0 aliphatic carbocycles. The number of benzene rings is 4. The van der Waals surface area contributed by atoms with E-state index in [2.05, 4.69) is 16.4 Å². The number of H-pyrrole nitrogens is 1. The summed E-state index contributed by atoms with van der Waals surface area (Å²) in [6, 6.07) is 33.2. The molecule has 5 aromatic rings. The number of aromatic amines is 1. The first-order chi connectivity index (χ1) is 28.1. The van der Waals surface area contributed by atoms with Crippen LogP contribution in [0, 0.1) is 0 Å². The lowest BCUT2D eigenvalue weighted by molar-refractivity contribution is -0.140. The highest BCUT2D eigenvalue weighted by molar-refractivity contribution is 5.99. The van der Waals surface area contributed by atoms with Gasteiger partial charge in [0.1, 0.15) is 17.9 Å². The number of nitrogens with zero attached hydrogens (tertiary/aromatic N) is 3. The summed E-state index contributed by atoms with van der Waals surface area (Å²) in [6.07, 6.45) is 4.26. The molecule has 2 fully saturated rings. The van der Waals surface area contributed by atoms with Gasteiger partial charge < -0.3 is 20.1 Å². The fraction of sp³-hybridized carbons (Fsp3) is 0.354. The number of carbonyl (C=O) groups is 5. The third-order valence-electron chi connectivity index (χ3n) is 11.6. The van der Waals surface area contributed by atoms with Crippen LogP contribution in [0.4, 0.5) is 5.69 Å². The van der Waals surface area contributed by atoms with Crippen molar-refractivity contribution in [2.24, 2.45) is 0 Å². The first-order valence-corrected chi connectivity index (χ1v) is 20.6. The number of hydrogen-bond acceptors (Lipinski definition) is 6. The van der Waals surface area contributed by atoms with Gasteiger partial charge in [-0.3, -0.25) is 28.9 Å². The Morgan fingerprint density at radius 1 is 0.759 bits per heavy atom. The largest absolute Gasteiger partial charge is 0.355 e. The van der Waals surface area contributed by atoms with E-state index in [0.717, 1.165) is 58.1 Å². The van der Waals surface area contributed by atoms with Crippen LogP contribution in [-0.4, -0.2) is 88.2 Å². The highest BCUT2D eigenvalue weighted by Crippen LogP contribution is 2.32. The second kappa shape index (κ2) is 18.2. The van der Waals surface area contributed by atoms with Gasteiger partial charge in [0.15, 0.2) is 5.78 Å². The number of aromatic nitrogens is 1. The SMILES string of the molecule is CCCC(=O)C[C@@H](C(=O)N1CCC[C@H]1C(=O)Cc1ccc2[nH]c(-c3ccc(NC(=O)[C@@H]4CCCN4C(=O)[C@@H](c4ccccc4)N(C)C)cc3)cc2c1)c1ccccc1. The molecule has 0 saturated carbocycles. The van der Waals surface area contributed by atoms with Crippen molar-refractivity contribution in [2.45, 2.75) is 82.3 Å². The molecule has 0 bridgehead atoms. The van der Waals surface area contributed by atoms with Gasteiger partial charge in [0.05, 0.1) is 12.0 Å². The van der Waals surface area contributed by atoms with Crippen LogP contribution in [0.3, 0.4) is 0 Å². The molecule has 10 heteroatoms. The van der Waals surface area contributed by atoms with Gasteiger partial charge in [0.2, 0.25) is 17.7 Å². The zero-order valence-corrected chi connectivity index (χ0v) is 33.7. The number of likely N-dealkylation sites (N-methyl/N-ethyl adjacent to an activating group) is 1. The second-order valence-electron chi connectivity index (χ2n) is 15.9. The number of hydrogen-bond donors (Lipinski definition) is 2. The molecule has 58 heavy (non-hydrogen) atoms. The Morgan fingerprint density at radius 2 is 1.40 bits per heavy atom. The number of ketones is 2. The molecule has 2 aliphatic heterocycles. The number of likely N-dealkylation sites (tertiary alicyclic amines) is 2. The molecular formula is C48H53N5O5. The normalized spacial score (nSPS) is 17.7. The zero-order valence-electron chi connectivity index (χ0n) is 33.7. The topological polar surface area (TPSA) is 123 Å². The summed E-state index contributed by atoms with van der Waals surface area (Å²) in [5.41, 5.74) is 6.00. The quantitative estimate of drug-likeness (QED) is 0.112. The van der Waals surface area contributed by atoms with Gasteiger partial charge in [0.25, 0.3) is 0 Å². The average molecular weight is 780 g/mol. The molecule has 0 unspecified atom stereocenters. The van der Waals surface area contributed by atoms with Crippen molar-refractivity contribution in [3.63, 3.8) is 0 Å². The van der Waals surface area contributed by atoms with E-state index in [0.29, 0.717) is 38.0 Å². The lowest BCUT2D eigenvalue weighted by Gasteiger charge is -2.31. The Morgan fingerprint density at radius 3 is 2.05 bits per heavy atom. The van der Waals surface area contributed by atoms with Crippen molar-refractivity contribution in [3.8, 4) is 11.3 Å². The van der Waals surface area contributed by atoms with E-state index in [4.69, 9.17) is 0 Å². The fourth-order valence-corrected chi connectivity index (χ4v) is 8.69. The number of amides is 3. The van der Waals surface area contributed by atoms with Crippen LogP contribution in [-0.2, 0) is 30.4 Å². The van der Waals surface area contributed by atoms with Crippen LogP contribution in [0.15, 0.2) is 109 Å². The van der Waals surface area contributed by atoms with E-state index in [1.807, 2.05) is 129 Å². The van der Waals surface area contributed by atoms with E-state index < -0.39 is 24.0 Å². The van der Waals surface area contributed by atoms with Crippen LogP contribution in [0.1, 0.15) is 80.5 Å². The Kier molecular flexibility index (Phi) is 12.6. The van der Waals surface area contributed by atoms with E-state index in [1.54, 1.807) is 9.80 Å². The minimum absolute atomic E-state index is 0.00379. The average Bonchev–Trinajstić information content (AvgIpc) is 4.01. The summed E-state index contributed by atoms with van der Waals surface area (Å²) in [5.74, 6) is -0.940. The predicted molar refractivity (Wildman–Crippen MR) is 227 cm³/mol. The molecule has 0 radical (unpaired) electrons. The molecule has 300 valence electrons. The van der Waals surface area contributed by atoms with E-state index >= 15 is 0 Å². The number of anilines is 1. The van der Waals surface area contributed by atoms with Crippen molar-refractivity contribution in [1.82, 2.24) is 19.7 Å². The van der Waals surface area contributed by atoms with Gasteiger partial charge in [-0.25, -0.2) is 0 Å². The maximum Gasteiger partial charge on any atom is 0.247 e. The molecule has 2 saturated heterocycles. The molecule has 3 amide bonds. The molecule has 2 N–H and O–H groups in total. The van der Waals surface area contributed by atoms with Gasteiger partial charge >= 0.3 is 0 Å². The van der Waals surface area contributed by atoms with Gasteiger partial charge in [-0.05, 0) is 98.8 Å². The lowest BCUT2D eigenvalue weighted by Crippen LogP contribution is -2.47. The van der Waals surface area contributed by atoms with E-state index in [1.165, 1.54) is 0 Å². The van der Waals surface area contributed by atoms with Crippen molar-refractivity contribution in [1.29, 1.82) is 0 Å². The third kappa shape index (κ3) is 8.97. The molecule has 3 heterocycles. The Balaban J connectivity index is 0.991. The summed E-state index contributed by atoms with van der Waals surface area (Å²) in [5, 5.41) is 4.01. The first kappa shape index (κ1) is 40.3. The summed E-state index contributed by atoms with van der Waals surface area (Å²) >= 11 is 0. The summed E-state index contributed by atoms with van der Waals surface area (Å²) in [7, 11) is 3.77. The van der Waals surface area contributed by atoms with Crippen molar-refractivity contribution >= 4 is 45.9 Å². The highest BCUT2D eigenvalue weighted by atomic mass is 16.2. The second-order valence-corrected chi connectivity index (χ2v) is 15.9. The van der Waals surface area contributed by atoms with Gasteiger partial charge in [-0.2, -0.15) is 0 Å². The number of Topliss-reactive ketones (excluding diaryl/α,β-unsaturated/α-hetero) is 2. The Bertz CT molecular complexity index is 2250. The molecule has 4 atom stereocenters. The van der Waals surface area contributed by atoms with Crippen molar-refractivity contribution in [3.05, 3.63) is 126 Å². The first-order valence-electron chi connectivity index (χ1n) is 20.6. The lowest BCUT2D eigenvalue weighted by atomic mass is 9.90. The summed E-state index contributed by atoms with van der Waals surface area (Å²) < 4.78 is 0. The number of nitrogens with one attached hydrogen (secondary N) is 2. The molecule has 2 aliphatic rings. The number of rotatable bonds is 15. The van der Waals surface area contributed by atoms with Crippen LogP contribution >= 0.6 is 0 Å². The Labute approximate surface area is 340 Å². The maximum atomic E-state index is 14.0. The van der Waals surface area contributed by atoms with Gasteiger partial charge in [-0.15, -0.1) is 0 Å². The molecule has 10 nitrogen and oxygen atoms in total. The number of fused-ring (bicyclic) bond motifs is 1. The monoisotopic (exact) mass is 779 g/mol. The third-order valence-corrected chi connectivity index (χ3v) is 11.6. The summed E-state index contributed by atoms with van der Waals surface area (Å²) in [4.78, 5) is 76.7. The maximum absolute atomic E-state index is 14.0. The predicted octanol–water partition coefficient (Wildman–Crippen LogP) is 7.71. The number of carbonyl (C=O) groups excluding carboxylic acids is 5. The fourth-order valence-electron chi connectivity index (χ4n) is 8.69. The van der Waals surface area contributed by atoms with Gasteiger partial charge in [-0.1, -0.05) is 85.8 Å². The molecule has 4 aromatic carbocycles. The highest BCUT2D eigenvalue weighted by Gasteiger charge is 2.39.